The number of aryl methyl sites for hydroxylation is 1. The van der Waals surface area contributed by atoms with Gasteiger partial charge < -0.3 is 24.4 Å². The second-order valence-electron chi connectivity index (χ2n) is 10.5. The lowest BCUT2D eigenvalue weighted by Crippen LogP contribution is -2.58. The Labute approximate surface area is 222 Å². The number of carbonyl (C=O) groups is 3. The number of fused-ring (bicyclic) bond motifs is 1. The van der Waals surface area contributed by atoms with Crippen LogP contribution in [0.25, 0.3) is 0 Å². The zero-order valence-electron chi connectivity index (χ0n) is 21.8. The van der Waals surface area contributed by atoms with E-state index >= 15 is 0 Å². The number of nitrogens with zero attached hydrogens (tertiary/aromatic N) is 2. The Hall–Kier alpha value is -2.68. The molecule has 3 aliphatic heterocycles. The lowest BCUT2D eigenvalue weighted by molar-refractivity contribution is -0.161. The SMILES string of the molecule is C=CCOC(=O)[C@@H]1[C@H]2C(=O)N([C@H](C)CO)C(C(=O)N(CC=C)c3c(C)cccc3Cl)C23CC(C)[C@@]1(C)O3. The van der Waals surface area contributed by atoms with E-state index in [0.29, 0.717) is 17.1 Å². The average Bonchev–Trinajstić information content (AvgIpc) is 3.37. The molecule has 3 fully saturated rings. The van der Waals surface area contributed by atoms with Crippen LogP contribution in [0.15, 0.2) is 43.5 Å². The highest BCUT2D eigenvalue weighted by Gasteiger charge is 2.80. The summed E-state index contributed by atoms with van der Waals surface area (Å²) in [6.07, 6.45) is 3.47. The molecule has 0 aromatic heterocycles. The summed E-state index contributed by atoms with van der Waals surface area (Å²) in [6.45, 7) is 14.5. The van der Waals surface area contributed by atoms with Crippen molar-refractivity contribution >= 4 is 35.1 Å². The Bertz CT molecular complexity index is 1120. The highest BCUT2D eigenvalue weighted by Crippen LogP contribution is 2.65. The highest BCUT2D eigenvalue weighted by atomic mass is 35.5. The number of benzene rings is 1. The van der Waals surface area contributed by atoms with Gasteiger partial charge in [-0.1, -0.05) is 49.4 Å². The van der Waals surface area contributed by atoms with Crippen LogP contribution in [0.2, 0.25) is 5.02 Å². The Morgan fingerprint density at radius 3 is 2.68 bits per heavy atom. The molecule has 3 aliphatic rings. The number of ether oxygens (including phenoxy) is 2. The van der Waals surface area contributed by atoms with E-state index in [1.165, 1.54) is 15.9 Å². The molecule has 8 nitrogen and oxygen atoms in total. The number of likely N-dealkylation sites (tertiary alicyclic amines) is 1. The number of aliphatic hydroxyl groups excluding tert-OH is 1. The minimum absolute atomic E-state index is 0.00567. The number of hydrogen-bond acceptors (Lipinski definition) is 6. The quantitative estimate of drug-likeness (QED) is 0.389. The van der Waals surface area contributed by atoms with Crippen molar-refractivity contribution in [1.82, 2.24) is 4.90 Å². The molecule has 3 heterocycles. The van der Waals surface area contributed by atoms with E-state index in [0.717, 1.165) is 5.56 Å². The number of carbonyl (C=O) groups excluding carboxylic acids is 3. The normalized spacial score (nSPS) is 32.7. The summed E-state index contributed by atoms with van der Waals surface area (Å²) in [7, 11) is 0. The molecule has 3 saturated heterocycles. The number of halogens is 1. The molecule has 1 N–H and O–H groups in total. The van der Waals surface area contributed by atoms with E-state index in [2.05, 4.69) is 13.2 Å². The largest absolute Gasteiger partial charge is 0.461 e. The second-order valence-corrected chi connectivity index (χ2v) is 10.9. The Kier molecular flexibility index (Phi) is 7.31. The number of para-hydroxylation sites is 1. The summed E-state index contributed by atoms with van der Waals surface area (Å²) in [6, 6.07) is 3.59. The van der Waals surface area contributed by atoms with Crippen LogP contribution in [-0.2, 0) is 23.9 Å². The second kappa shape index (κ2) is 9.89. The van der Waals surface area contributed by atoms with Crippen LogP contribution < -0.4 is 4.90 Å². The van der Waals surface area contributed by atoms with E-state index in [1.807, 2.05) is 26.8 Å². The fourth-order valence-electron chi connectivity index (χ4n) is 6.64. The molecule has 4 rings (SSSR count). The zero-order valence-corrected chi connectivity index (χ0v) is 22.5. The van der Waals surface area contributed by atoms with Gasteiger partial charge in [-0.2, -0.15) is 0 Å². The highest BCUT2D eigenvalue weighted by molar-refractivity contribution is 6.34. The van der Waals surface area contributed by atoms with Crippen LogP contribution in [0.5, 0.6) is 0 Å². The maximum absolute atomic E-state index is 14.5. The van der Waals surface area contributed by atoms with Gasteiger partial charge in [0.15, 0.2) is 0 Å². The van der Waals surface area contributed by atoms with Gasteiger partial charge in [0.1, 0.15) is 24.2 Å². The molecule has 3 unspecified atom stereocenters. The van der Waals surface area contributed by atoms with E-state index in [1.54, 1.807) is 25.1 Å². The predicted molar refractivity (Wildman–Crippen MR) is 140 cm³/mol. The standard InChI is InChI=1S/C28H35ClN2O6/c1-7-12-30(22-16(3)10-9-11-19(22)29)25(34)23-28-14-17(4)27(6,37-28)21(26(35)36-13-8-2)20(28)24(33)31(23)18(5)15-32/h7-11,17-18,20-21,23,32H,1-2,12-15H2,3-6H3/t17?,18-,20+,21+,23?,27-,28?/m1/s1. The van der Waals surface area contributed by atoms with Crippen molar-refractivity contribution in [2.75, 3.05) is 24.7 Å². The molecule has 37 heavy (non-hydrogen) atoms. The van der Waals surface area contributed by atoms with Gasteiger partial charge in [-0.3, -0.25) is 14.4 Å². The van der Waals surface area contributed by atoms with Gasteiger partial charge in [0.2, 0.25) is 5.91 Å². The van der Waals surface area contributed by atoms with Crippen LogP contribution in [0.1, 0.15) is 32.8 Å². The number of amides is 2. The van der Waals surface area contributed by atoms with Gasteiger partial charge in [-0.15, -0.1) is 6.58 Å². The zero-order chi connectivity index (χ0) is 27.3. The van der Waals surface area contributed by atoms with Crippen molar-refractivity contribution in [3.8, 4) is 0 Å². The Morgan fingerprint density at radius 2 is 2.08 bits per heavy atom. The molecule has 0 saturated carbocycles. The molecule has 2 bridgehead atoms. The number of hydrogen-bond donors (Lipinski definition) is 1. The van der Waals surface area contributed by atoms with Crippen molar-refractivity contribution in [3.05, 3.63) is 54.1 Å². The topological polar surface area (TPSA) is 96.4 Å². The molecule has 1 aromatic carbocycles. The third-order valence-electron chi connectivity index (χ3n) is 8.36. The third kappa shape index (κ3) is 3.92. The number of rotatable bonds is 9. The van der Waals surface area contributed by atoms with Crippen molar-refractivity contribution in [1.29, 1.82) is 0 Å². The number of aliphatic hydroxyl groups is 1. The average molecular weight is 531 g/mol. The first-order valence-corrected chi connectivity index (χ1v) is 13.0. The van der Waals surface area contributed by atoms with Crippen LogP contribution in [0, 0.1) is 24.7 Å². The minimum atomic E-state index is -1.27. The summed E-state index contributed by atoms with van der Waals surface area (Å²) in [5.74, 6) is -3.30. The van der Waals surface area contributed by atoms with Crippen molar-refractivity contribution < 1.29 is 29.0 Å². The van der Waals surface area contributed by atoms with Crippen molar-refractivity contribution in [3.63, 3.8) is 0 Å². The van der Waals surface area contributed by atoms with Gasteiger partial charge in [-0.25, -0.2) is 0 Å². The number of esters is 1. The van der Waals surface area contributed by atoms with Crippen LogP contribution in [0.3, 0.4) is 0 Å². The van der Waals surface area contributed by atoms with Gasteiger partial charge in [0.05, 0.1) is 34.9 Å². The Balaban J connectivity index is 1.88. The van der Waals surface area contributed by atoms with E-state index in [4.69, 9.17) is 21.1 Å². The van der Waals surface area contributed by atoms with Gasteiger partial charge in [0.25, 0.3) is 5.91 Å². The Morgan fingerprint density at radius 1 is 1.38 bits per heavy atom. The molecule has 1 spiro atoms. The molecule has 0 aliphatic carbocycles. The molecular formula is C28H35ClN2O6. The van der Waals surface area contributed by atoms with Gasteiger partial charge >= 0.3 is 5.97 Å². The first kappa shape index (κ1) is 27.4. The van der Waals surface area contributed by atoms with Gasteiger partial charge in [0, 0.05) is 6.54 Å². The van der Waals surface area contributed by atoms with Crippen molar-refractivity contribution in [2.24, 2.45) is 17.8 Å². The lowest BCUT2D eigenvalue weighted by Gasteiger charge is -2.39. The van der Waals surface area contributed by atoms with E-state index in [9.17, 15) is 19.5 Å². The van der Waals surface area contributed by atoms with Gasteiger partial charge in [-0.05, 0) is 44.7 Å². The molecule has 9 heteroatoms. The summed E-state index contributed by atoms with van der Waals surface area (Å²) in [5.41, 5.74) is -0.953. The lowest BCUT2D eigenvalue weighted by atomic mass is 9.62. The third-order valence-corrected chi connectivity index (χ3v) is 8.66. The monoisotopic (exact) mass is 530 g/mol. The molecule has 7 atom stereocenters. The maximum Gasteiger partial charge on any atom is 0.313 e. The van der Waals surface area contributed by atoms with Crippen LogP contribution in [-0.4, -0.2) is 70.8 Å². The minimum Gasteiger partial charge on any atom is -0.461 e. The summed E-state index contributed by atoms with van der Waals surface area (Å²) >= 11 is 6.56. The molecular weight excluding hydrogens is 496 g/mol. The summed E-state index contributed by atoms with van der Waals surface area (Å²) in [5, 5.41) is 10.5. The predicted octanol–water partition coefficient (Wildman–Crippen LogP) is 3.29. The molecule has 200 valence electrons. The summed E-state index contributed by atoms with van der Waals surface area (Å²) in [4.78, 5) is 44.8. The molecule has 1 aromatic rings. The fourth-order valence-corrected chi connectivity index (χ4v) is 6.96. The number of anilines is 1. The molecule has 0 radical (unpaired) electrons. The smallest absolute Gasteiger partial charge is 0.313 e. The van der Waals surface area contributed by atoms with Crippen molar-refractivity contribution in [2.45, 2.75) is 57.4 Å². The van der Waals surface area contributed by atoms with E-state index in [-0.39, 0.29) is 25.7 Å². The van der Waals surface area contributed by atoms with E-state index < -0.39 is 52.9 Å². The maximum atomic E-state index is 14.5. The summed E-state index contributed by atoms with van der Waals surface area (Å²) < 4.78 is 12.1. The molecule has 2 amide bonds. The first-order valence-electron chi connectivity index (χ1n) is 12.6. The van der Waals surface area contributed by atoms with Crippen LogP contribution >= 0.6 is 11.6 Å². The first-order chi connectivity index (χ1) is 17.5. The van der Waals surface area contributed by atoms with Crippen LogP contribution in [0.4, 0.5) is 5.69 Å². The fraction of sp³-hybridized carbons (Fsp3) is 0.536.